The zero-order valence-corrected chi connectivity index (χ0v) is 21.3. The van der Waals surface area contributed by atoms with Crippen LogP contribution in [0.2, 0.25) is 0 Å². The van der Waals surface area contributed by atoms with Gasteiger partial charge >= 0.3 is 0 Å². The Kier molecular flexibility index (Phi) is 4.20. The topological polar surface area (TPSA) is 32.3 Å². The zero-order chi connectivity index (χ0) is 24.8. The minimum atomic E-state index is -0.142. The van der Waals surface area contributed by atoms with Gasteiger partial charge in [-0.05, 0) is 59.4 Å². The molecule has 0 radical (unpaired) electrons. The highest BCUT2D eigenvalue weighted by Crippen LogP contribution is 2.77. The first-order valence-corrected chi connectivity index (χ1v) is 12.8. The molecule has 4 nitrogen and oxygen atoms in total. The molecule has 4 aromatic rings. The summed E-state index contributed by atoms with van der Waals surface area (Å²) in [7, 11) is 0. The molecule has 1 aromatic heterocycles. The van der Waals surface area contributed by atoms with Gasteiger partial charge in [0.25, 0.3) is 0 Å². The number of aryl methyl sites for hydroxylation is 2. The molecular formula is C32H30N4. The maximum absolute atomic E-state index is 4.90. The fourth-order valence-electron chi connectivity index (χ4n) is 7.03. The van der Waals surface area contributed by atoms with Gasteiger partial charge in [-0.3, -0.25) is 0 Å². The summed E-state index contributed by atoms with van der Waals surface area (Å²) in [4.78, 5) is 14.6. The van der Waals surface area contributed by atoms with E-state index in [2.05, 4.69) is 111 Å². The number of aromatic nitrogens is 2. The number of nitrogens with zero attached hydrogens (tertiary/aromatic N) is 4. The van der Waals surface area contributed by atoms with Gasteiger partial charge in [-0.25, -0.2) is 9.97 Å². The normalized spacial score (nSPS) is 25.2. The fourth-order valence-corrected chi connectivity index (χ4v) is 7.03. The molecule has 36 heavy (non-hydrogen) atoms. The van der Waals surface area contributed by atoms with Crippen LogP contribution in [0.3, 0.4) is 0 Å². The van der Waals surface area contributed by atoms with Crippen LogP contribution >= 0.6 is 0 Å². The fraction of sp³-hybridized carbons (Fsp3) is 0.250. The average Bonchev–Trinajstić information content (AvgIpc) is 3.20. The van der Waals surface area contributed by atoms with Crippen molar-refractivity contribution in [3.05, 3.63) is 108 Å². The number of hydrogen-bond donors (Lipinski definition) is 0. The van der Waals surface area contributed by atoms with E-state index in [4.69, 9.17) is 9.97 Å². The molecule has 3 aromatic carbocycles. The van der Waals surface area contributed by atoms with Crippen molar-refractivity contribution < 1.29 is 0 Å². The molecule has 3 atom stereocenters. The minimum absolute atomic E-state index is 0.0139. The predicted octanol–water partition coefficient (Wildman–Crippen LogP) is 7.48. The Morgan fingerprint density at radius 3 is 2.33 bits per heavy atom. The van der Waals surface area contributed by atoms with Crippen LogP contribution in [0.25, 0.3) is 11.1 Å². The van der Waals surface area contributed by atoms with E-state index in [0.717, 1.165) is 23.7 Å². The molecule has 0 amide bonds. The SMILES string of the molecule is C=C1C2(C)c3ccc(-c4c(C)cccc4CC)cc3N3c4nccnc4N(c4ccccc4)C3C12C. The van der Waals surface area contributed by atoms with Gasteiger partial charge in [0.05, 0.1) is 0 Å². The lowest BCUT2D eigenvalue weighted by Crippen LogP contribution is -2.50. The number of hydrogen-bond acceptors (Lipinski definition) is 4. The summed E-state index contributed by atoms with van der Waals surface area (Å²) in [6.07, 6.45) is 4.63. The Bertz CT molecular complexity index is 1560. The molecular weight excluding hydrogens is 440 g/mol. The van der Waals surface area contributed by atoms with Gasteiger partial charge in [0.1, 0.15) is 6.17 Å². The molecule has 3 aliphatic rings. The van der Waals surface area contributed by atoms with Gasteiger partial charge < -0.3 is 9.80 Å². The standard InChI is InChI=1S/C32H30N4/c1-6-22-12-10-11-20(2)27(22)23-15-16-25-26(19-23)36-29-28(33-17-18-34-29)35(24-13-8-7-9-14-24)30(36)32(5)21(3)31(25,32)4/h7-19,30H,3,6H2,1-2,4-5H3. The number of rotatable bonds is 3. The van der Waals surface area contributed by atoms with Crippen LogP contribution in [-0.4, -0.2) is 16.1 Å². The first-order chi connectivity index (χ1) is 17.4. The third kappa shape index (κ3) is 2.39. The zero-order valence-electron chi connectivity index (χ0n) is 21.3. The first-order valence-electron chi connectivity index (χ1n) is 12.8. The summed E-state index contributed by atoms with van der Waals surface area (Å²) in [5, 5.41) is 0. The van der Waals surface area contributed by atoms with Crippen LogP contribution < -0.4 is 9.80 Å². The molecule has 0 saturated heterocycles. The summed E-state index contributed by atoms with van der Waals surface area (Å²) in [6.45, 7) is 13.8. The third-order valence-electron chi connectivity index (χ3n) is 9.19. The van der Waals surface area contributed by atoms with Crippen molar-refractivity contribution >= 4 is 23.0 Å². The van der Waals surface area contributed by atoms with E-state index in [9.17, 15) is 0 Å². The number of anilines is 4. The molecule has 178 valence electrons. The Morgan fingerprint density at radius 1 is 0.889 bits per heavy atom. The summed E-state index contributed by atoms with van der Waals surface area (Å²) in [5.41, 5.74) is 9.96. The van der Waals surface area contributed by atoms with Crippen LogP contribution in [0.4, 0.5) is 23.0 Å². The maximum atomic E-state index is 4.90. The van der Waals surface area contributed by atoms with Crippen molar-refractivity contribution in [2.75, 3.05) is 9.80 Å². The van der Waals surface area contributed by atoms with Gasteiger partial charge in [-0.15, -0.1) is 0 Å². The van der Waals surface area contributed by atoms with Crippen LogP contribution in [-0.2, 0) is 11.8 Å². The molecule has 0 bridgehead atoms. The van der Waals surface area contributed by atoms with Crippen LogP contribution in [0.5, 0.6) is 0 Å². The smallest absolute Gasteiger partial charge is 0.178 e. The van der Waals surface area contributed by atoms with Crippen molar-refractivity contribution in [3.8, 4) is 11.1 Å². The van der Waals surface area contributed by atoms with Crippen LogP contribution in [0.15, 0.2) is 91.3 Å². The predicted molar refractivity (Wildman–Crippen MR) is 147 cm³/mol. The van der Waals surface area contributed by atoms with E-state index >= 15 is 0 Å². The van der Waals surface area contributed by atoms with Crippen molar-refractivity contribution in [3.63, 3.8) is 0 Å². The van der Waals surface area contributed by atoms with Crippen molar-refractivity contribution in [1.29, 1.82) is 0 Å². The van der Waals surface area contributed by atoms with E-state index in [-0.39, 0.29) is 17.0 Å². The van der Waals surface area contributed by atoms with Crippen LogP contribution in [0, 0.1) is 12.3 Å². The van der Waals surface area contributed by atoms with Gasteiger partial charge in [-0.2, -0.15) is 0 Å². The maximum Gasteiger partial charge on any atom is 0.178 e. The molecule has 3 unspecified atom stereocenters. The van der Waals surface area contributed by atoms with E-state index in [1.54, 1.807) is 6.20 Å². The van der Waals surface area contributed by atoms with E-state index < -0.39 is 0 Å². The Hall–Kier alpha value is -3.92. The summed E-state index contributed by atoms with van der Waals surface area (Å²) < 4.78 is 0. The van der Waals surface area contributed by atoms with Gasteiger partial charge in [0.2, 0.25) is 0 Å². The second kappa shape index (κ2) is 7.07. The number of benzene rings is 3. The highest BCUT2D eigenvalue weighted by molar-refractivity contribution is 5.92. The van der Waals surface area contributed by atoms with Gasteiger partial charge in [-0.1, -0.05) is 81.5 Å². The summed E-state index contributed by atoms with van der Waals surface area (Å²) in [5.74, 6) is 1.81. The molecule has 1 fully saturated rings. The molecule has 3 heterocycles. The number of para-hydroxylation sites is 1. The largest absolute Gasteiger partial charge is 0.301 e. The van der Waals surface area contributed by atoms with Crippen molar-refractivity contribution in [2.24, 2.45) is 5.41 Å². The lowest BCUT2D eigenvalue weighted by molar-refractivity contribution is 0.376. The lowest BCUT2D eigenvalue weighted by Gasteiger charge is -2.43. The molecule has 2 aliphatic heterocycles. The summed E-state index contributed by atoms with van der Waals surface area (Å²) >= 11 is 0. The van der Waals surface area contributed by atoms with Gasteiger partial charge in [0.15, 0.2) is 11.6 Å². The van der Waals surface area contributed by atoms with Crippen molar-refractivity contribution in [1.82, 2.24) is 9.97 Å². The third-order valence-corrected chi connectivity index (χ3v) is 9.19. The first kappa shape index (κ1) is 21.4. The average molecular weight is 471 g/mol. The Labute approximate surface area is 213 Å². The summed E-state index contributed by atoms with van der Waals surface area (Å²) in [6, 6.07) is 24.2. The quantitative estimate of drug-likeness (QED) is 0.291. The highest BCUT2D eigenvalue weighted by atomic mass is 15.5. The number of fused-ring (bicyclic) bond motifs is 8. The molecule has 1 aliphatic carbocycles. The molecule has 1 saturated carbocycles. The monoisotopic (exact) mass is 470 g/mol. The van der Waals surface area contributed by atoms with E-state index in [1.807, 2.05) is 6.20 Å². The second-order valence-corrected chi connectivity index (χ2v) is 10.7. The second-order valence-electron chi connectivity index (χ2n) is 10.7. The molecule has 4 heteroatoms. The Morgan fingerprint density at radius 2 is 1.61 bits per heavy atom. The van der Waals surface area contributed by atoms with Crippen LogP contribution in [0.1, 0.15) is 37.5 Å². The van der Waals surface area contributed by atoms with E-state index in [1.165, 1.54) is 39.1 Å². The molecule has 7 rings (SSSR count). The highest BCUT2D eigenvalue weighted by Gasteiger charge is 2.76. The molecule has 0 spiro atoms. The van der Waals surface area contributed by atoms with Gasteiger partial charge in [0, 0.05) is 34.6 Å². The minimum Gasteiger partial charge on any atom is -0.301 e. The lowest BCUT2D eigenvalue weighted by atomic mass is 9.80. The molecule has 0 N–H and O–H groups in total. The van der Waals surface area contributed by atoms with E-state index in [0.29, 0.717) is 0 Å². The van der Waals surface area contributed by atoms with Crippen molar-refractivity contribution in [2.45, 2.75) is 45.7 Å². The Balaban J connectivity index is 1.51.